The topological polar surface area (TPSA) is 23.8 Å². The molecule has 0 bridgehead atoms. The van der Waals surface area contributed by atoms with E-state index in [2.05, 4.69) is 13.1 Å². The third-order valence-corrected chi connectivity index (χ3v) is 5.67. The molecule has 3 fully saturated rings. The molecule has 3 aliphatic rings. The minimum Gasteiger partial charge on any atom is -0.320 e. The van der Waals surface area contributed by atoms with Gasteiger partial charge in [-0.3, -0.25) is 0 Å². The molecular weight excluding hydrogens is 184 g/mol. The van der Waals surface area contributed by atoms with Crippen molar-refractivity contribution < 1.29 is 4.48 Å². The lowest BCUT2D eigenvalue weighted by Gasteiger charge is -2.59. The van der Waals surface area contributed by atoms with Gasteiger partial charge in [-0.2, -0.15) is 5.26 Å². The summed E-state index contributed by atoms with van der Waals surface area (Å²) in [7, 11) is 2.43. The Morgan fingerprint density at radius 1 is 1.27 bits per heavy atom. The fourth-order valence-corrected chi connectivity index (χ4v) is 4.90. The van der Waals surface area contributed by atoms with Gasteiger partial charge in [0.15, 0.2) is 0 Å². The van der Waals surface area contributed by atoms with Crippen LogP contribution in [0.4, 0.5) is 0 Å². The summed E-state index contributed by atoms with van der Waals surface area (Å²) in [5.74, 6) is 1.25. The average molecular weight is 205 g/mol. The van der Waals surface area contributed by atoms with Crippen molar-refractivity contribution in [1.29, 1.82) is 5.26 Å². The van der Waals surface area contributed by atoms with Crippen LogP contribution in [-0.4, -0.2) is 30.2 Å². The van der Waals surface area contributed by atoms with Crippen molar-refractivity contribution in [3.63, 3.8) is 0 Å². The Labute approximate surface area is 92.5 Å². The Morgan fingerprint density at radius 3 is 2.60 bits per heavy atom. The van der Waals surface area contributed by atoms with E-state index in [0.29, 0.717) is 11.5 Å². The molecule has 0 radical (unpaired) electrons. The lowest BCUT2D eigenvalue weighted by molar-refractivity contribution is -0.962. The van der Waals surface area contributed by atoms with Crippen LogP contribution in [-0.2, 0) is 0 Å². The molecule has 1 saturated heterocycles. The summed E-state index contributed by atoms with van der Waals surface area (Å²) in [6.45, 7) is 2.66. The SMILES string of the molecule is C[N+]1([C@@]23CCC[C@@H]2C[C@@H]3C#N)CCCC1. The van der Waals surface area contributed by atoms with E-state index in [9.17, 15) is 5.26 Å². The molecule has 0 aromatic heterocycles. The highest BCUT2D eigenvalue weighted by atomic mass is 15.4. The summed E-state index contributed by atoms with van der Waals surface area (Å²) in [6.07, 6.45) is 8.05. The van der Waals surface area contributed by atoms with Crippen LogP contribution in [0.3, 0.4) is 0 Å². The van der Waals surface area contributed by atoms with E-state index >= 15 is 0 Å². The van der Waals surface area contributed by atoms with Crippen LogP contribution in [0.5, 0.6) is 0 Å². The number of quaternary nitrogens is 1. The molecular formula is C13H21N2+. The maximum Gasteiger partial charge on any atom is 0.118 e. The van der Waals surface area contributed by atoms with Crippen LogP contribution < -0.4 is 0 Å². The van der Waals surface area contributed by atoms with E-state index in [0.717, 1.165) is 5.92 Å². The van der Waals surface area contributed by atoms with Gasteiger partial charge in [-0.25, -0.2) is 0 Å². The van der Waals surface area contributed by atoms with Gasteiger partial charge in [0.25, 0.3) is 0 Å². The van der Waals surface area contributed by atoms with Gasteiger partial charge in [0.05, 0.1) is 26.2 Å². The standard InChI is InChI=1S/C13H21N2/c1-15(7-2-3-8-15)13-6-4-5-11(13)9-12(13)10-14/h11-12H,2-9H2,1H3/q+1/t11-,12-,13+/m1/s1. The Balaban J connectivity index is 1.96. The van der Waals surface area contributed by atoms with E-state index in [1.807, 2.05) is 0 Å². The number of nitriles is 1. The van der Waals surface area contributed by atoms with E-state index in [4.69, 9.17) is 0 Å². The summed E-state index contributed by atoms with van der Waals surface area (Å²) >= 11 is 0. The highest BCUT2D eigenvalue weighted by Gasteiger charge is 2.68. The molecule has 1 aliphatic heterocycles. The normalized spacial score (nSPS) is 46.9. The Kier molecular flexibility index (Phi) is 1.92. The van der Waals surface area contributed by atoms with Crippen molar-refractivity contribution in [3.05, 3.63) is 0 Å². The van der Waals surface area contributed by atoms with Crippen molar-refractivity contribution in [3.8, 4) is 6.07 Å². The summed E-state index contributed by atoms with van der Waals surface area (Å²) in [5, 5.41) is 9.31. The van der Waals surface area contributed by atoms with E-state index in [-0.39, 0.29) is 0 Å². The van der Waals surface area contributed by atoms with Crippen molar-refractivity contribution in [2.45, 2.75) is 44.1 Å². The van der Waals surface area contributed by atoms with E-state index in [1.165, 1.54) is 56.1 Å². The second kappa shape index (κ2) is 2.98. The molecule has 2 nitrogen and oxygen atoms in total. The lowest BCUT2D eigenvalue weighted by Crippen LogP contribution is -2.71. The van der Waals surface area contributed by atoms with Crippen LogP contribution >= 0.6 is 0 Å². The predicted octanol–water partition coefficient (Wildman–Crippen LogP) is 2.31. The van der Waals surface area contributed by atoms with Gasteiger partial charge in [0, 0.05) is 25.2 Å². The lowest BCUT2D eigenvalue weighted by atomic mass is 9.58. The molecule has 82 valence electrons. The zero-order chi connectivity index (χ0) is 10.5. The van der Waals surface area contributed by atoms with Gasteiger partial charge in [0.2, 0.25) is 0 Å². The molecule has 0 amide bonds. The maximum absolute atomic E-state index is 9.31. The van der Waals surface area contributed by atoms with E-state index < -0.39 is 0 Å². The van der Waals surface area contributed by atoms with Gasteiger partial charge < -0.3 is 4.48 Å². The van der Waals surface area contributed by atoms with Crippen LogP contribution in [0.25, 0.3) is 0 Å². The predicted molar refractivity (Wildman–Crippen MR) is 58.9 cm³/mol. The van der Waals surface area contributed by atoms with Crippen LogP contribution in [0.1, 0.15) is 38.5 Å². The smallest absolute Gasteiger partial charge is 0.118 e. The molecule has 0 N–H and O–H groups in total. The van der Waals surface area contributed by atoms with Gasteiger partial charge >= 0.3 is 0 Å². The molecule has 3 rings (SSSR count). The van der Waals surface area contributed by atoms with Crippen molar-refractivity contribution in [1.82, 2.24) is 0 Å². The molecule has 0 unspecified atom stereocenters. The highest BCUT2D eigenvalue weighted by molar-refractivity contribution is 5.16. The first-order valence-corrected chi connectivity index (χ1v) is 6.47. The van der Waals surface area contributed by atoms with Crippen molar-refractivity contribution in [2.24, 2.45) is 11.8 Å². The van der Waals surface area contributed by atoms with Gasteiger partial charge in [0.1, 0.15) is 11.5 Å². The largest absolute Gasteiger partial charge is 0.320 e. The number of hydrogen-bond donors (Lipinski definition) is 0. The van der Waals surface area contributed by atoms with Crippen LogP contribution in [0.2, 0.25) is 0 Å². The van der Waals surface area contributed by atoms with Crippen molar-refractivity contribution in [2.75, 3.05) is 20.1 Å². The summed E-state index contributed by atoms with van der Waals surface area (Å²) in [5.41, 5.74) is 0.394. The highest BCUT2D eigenvalue weighted by Crippen LogP contribution is 2.60. The quantitative estimate of drug-likeness (QED) is 0.603. The fraction of sp³-hybridized carbons (Fsp3) is 0.923. The molecule has 1 heterocycles. The number of rotatable bonds is 1. The fourth-order valence-electron chi connectivity index (χ4n) is 4.90. The van der Waals surface area contributed by atoms with Gasteiger partial charge in [-0.15, -0.1) is 0 Å². The molecule has 2 aliphatic carbocycles. The zero-order valence-electron chi connectivity index (χ0n) is 9.71. The maximum atomic E-state index is 9.31. The Hall–Kier alpha value is -0.550. The minimum atomic E-state index is 0.369. The molecule has 0 spiro atoms. The van der Waals surface area contributed by atoms with Crippen molar-refractivity contribution >= 4 is 0 Å². The van der Waals surface area contributed by atoms with Crippen LogP contribution in [0.15, 0.2) is 0 Å². The summed E-state index contributed by atoms with van der Waals surface area (Å²) in [4.78, 5) is 0. The van der Waals surface area contributed by atoms with Crippen LogP contribution in [0, 0.1) is 23.2 Å². The first-order valence-electron chi connectivity index (χ1n) is 6.47. The number of likely N-dealkylation sites (tertiary alicyclic amines) is 1. The first-order chi connectivity index (χ1) is 7.23. The molecule has 3 atom stereocenters. The molecule has 15 heavy (non-hydrogen) atoms. The monoisotopic (exact) mass is 205 g/mol. The average Bonchev–Trinajstić information content (AvgIpc) is 2.75. The molecule has 0 aromatic rings. The second-order valence-corrected chi connectivity index (χ2v) is 6.05. The molecule has 0 aromatic carbocycles. The number of hydrogen-bond acceptors (Lipinski definition) is 1. The van der Waals surface area contributed by atoms with E-state index in [1.54, 1.807) is 0 Å². The zero-order valence-corrected chi connectivity index (χ0v) is 9.71. The molecule has 2 saturated carbocycles. The second-order valence-electron chi connectivity index (χ2n) is 6.05. The third-order valence-electron chi connectivity index (χ3n) is 5.67. The summed E-state index contributed by atoms with van der Waals surface area (Å²) < 4.78 is 1.23. The summed E-state index contributed by atoms with van der Waals surface area (Å²) in [6, 6.07) is 2.60. The Morgan fingerprint density at radius 2 is 2.00 bits per heavy atom. The number of fused-ring (bicyclic) bond motifs is 1. The minimum absolute atomic E-state index is 0.369. The number of nitrogens with zero attached hydrogens (tertiary/aromatic N) is 2. The third kappa shape index (κ3) is 0.979. The van der Waals surface area contributed by atoms with Gasteiger partial charge in [-0.1, -0.05) is 0 Å². The molecule has 2 heteroatoms. The first kappa shape index (κ1) is 9.66. The Bertz CT molecular complexity index is 311. The van der Waals surface area contributed by atoms with Gasteiger partial charge in [-0.05, 0) is 19.3 Å².